The Kier molecular flexibility index (Phi) is 5.62. The van der Waals surface area contributed by atoms with Crippen LogP contribution in [0.4, 0.5) is 0 Å². The van der Waals surface area contributed by atoms with Crippen LogP contribution in [-0.4, -0.2) is 57.9 Å². The summed E-state index contributed by atoms with van der Waals surface area (Å²) in [4.78, 5) is 0. The highest BCUT2D eigenvalue weighted by molar-refractivity contribution is 7.89. The van der Waals surface area contributed by atoms with Crippen molar-refractivity contribution in [2.75, 3.05) is 39.0 Å². The Hall–Kier alpha value is -0.170. The molecule has 19 heavy (non-hydrogen) atoms. The molecular formula is C13H26N2O3S. The van der Waals surface area contributed by atoms with E-state index in [1.54, 1.807) is 4.31 Å². The van der Waals surface area contributed by atoms with E-state index < -0.39 is 10.0 Å². The molecule has 2 saturated heterocycles. The molecule has 2 aliphatic heterocycles. The standard InChI is InChI=1S/C13H26N2O3S/c1-14-7-4-12-5-8-15(9-6-12)19(16,17)11-13-3-2-10-18-13/h12-14H,2-11H2,1H3. The number of rotatable bonds is 6. The fourth-order valence-corrected chi connectivity index (χ4v) is 4.65. The smallest absolute Gasteiger partial charge is 0.216 e. The summed E-state index contributed by atoms with van der Waals surface area (Å²) in [5.74, 6) is 0.843. The van der Waals surface area contributed by atoms with E-state index in [0.29, 0.717) is 25.6 Å². The van der Waals surface area contributed by atoms with E-state index in [0.717, 1.165) is 38.6 Å². The number of ether oxygens (including phenoxy) is 1. The lowest BCUT2D eigenvalue weighted by Crippen LogP contribution is -2.42. The Morgan fingerprint density at radius 3 is 2.58 bits per heavy atom. The van der Waals surface area contributed by atoms with Gasteiger partial charge in [0.25, 0.3) is 0 Å². The van der Waals surface area contributed by atoms with Crippen molar-refractivity contribution in [3.63, 3.8) is 0 Å². The first kappa shape index (κ1) is 15.2. The molecule has 0 aliphatic carbocycles. The number of piperidine rings is 1. The largest absolute Gasteiger partial charge is 0.377 e. The fourth-order valence-electron chi connectivity index (χ4n) is 2.94. The normalized spacial score (nSPS) is 26.9. The van der Waals surface area contributed by atoms with Crippen molar-refractivity contribution in [3.05, 3.63) is 0 Å². The molecular weight excluding hydrogens is 264 g/mol. The third-order valence-corrected chi connectivity index (χ3v) is 6.13. The van der Waals surface area contributed by atoms with Crippen LogP contribution in [0.15, 0.2) is 0 Å². The van der Waals surface area contributed by atoms with Crippen molar-refractivity contribution in [2.24, 2.45) is 5.92 Å². The van der Waals surface area contributed by atoms with E-state index >= 15 is 0 Å². The molecule has 5 nitrogen and oxygen atoms in total. The molecule has 2 fully saturated rings. The maximum atomic E-state index is 12.3. The molecule has 112 valence electrons. The van der Waals surface area contributed by atoms with E-state index in [1.807, 2.05) is 7.05 Å². The summed E-state index contributed by atoms with van der Waals surface area (Å²) in [5.41, 5.74) is 0. The third-order valence-electron chi connectivity index (χ3n) is 4.19. The zero-order valence-electron chi connectivity index (χ0n) is 11.8. The van der Waals surface area contributed by atoms with Crippen LogP contribution in [0.5, 0.6) is 0 Å². The number of nitrogens with one attached hydrogen (secondary N) is 1. The van der Waals surface area contributed by atoms with Gasteiger partial charge in [-0.15, -0.1) is 0 Å². The van der Waals surface area contributed by atoms with Crippen molar-refractivity contribution in [3.8, 4) is 0 Å². The summed E-state index contributed by atoms with van der Waals surface area (Å²) in [6, 6.07) is 0. The molecule has 0 amide bonds. The first-order chi connectivity index (χ1) is 9.12. The van der Waals surface area contributed by atoms with Crippen molar-refractivity contribution >= 4 is 10.0 Å². The van der Waals surface area contributed by atoms with Crippen molar-refractivity contribution in [1.29, 1.82) is 0 Å². The first-order valence-corrected chi connectivity index (χ1v) is 8.97. The Bertz CT molecular complexity index is 358. The highest BCUT2D eigenvalue weighted by Crippen LogP contribution is 2.24. The first-order valence-electron chi connectivity index (χ1n) is 7.36. The summed E-state index contributed by atoms with van der Waals surface area (Å²) in [6.45, 7) is 3.10. The van der Waals surface area contributed by atoms with Crippen LogP contribution in [0, 0.1) is 5.92 Å². The lowest BCUT2D eigenvalue weighted by molar-refractivity contribution is 0.126. The second-order valence-corrected chi connectivity index (χ2v) is 7.66. The second kappa shape index (κ2) is 7.02. The van der Waals surface area contributed by atoms with Crippen LogP contribution in [-0.2, 0) is 14.8 Å². The van der Waals surface area contributed by atoms with Gasteiger partial charge < -0.3 is 10.1 Å². The van der Waals surface area contributed by atoms with Gasteiger partial charge in [-0.3, -0.25) is 0 Å². The van der Waals surface area contributed by atoms with E-state index in [1.165, 1.54) is 0 Å². The number of hydrogen-bond acceptors (Lipinski definition) is 4. The minimum Gasteiger partial charge on any atom is -0.377 e. The van der Waals surface area contributed by atoms with Crippen LogP contribution < -0.4 is 5.32 Å². The topological polar surface area (TPSA) is 58.6 Å². The van der Waals surface area contributed by atoms with Gasteiger partial charge in [0.1, 0.15) is 0 Å². The summed E-state index contributed by atoms with van der Waals surface area (Å²) in [5, 5.41) is 3.16. The van der Waals surface area contributed by atoms with Gasteiger partial charge >= 0.3 is 0 Å². The zero-order chi connectivity index (χ0) is 13.7. The molecule has 0 aromatic rings. The highest BCUT2D eigenvalue weighted by atomic mass is 32.2. The lowest BCUT2D eigenvalue weighted by Gasteiger charge is -2.31. The number of nitrogens with zero attached hydrogens (tertiary/aromatic N) is 1. The summed E-state index contributed by atoms with van der Waals surface area (Å²) < 4.78 is 31.7. The summed E-state index contributed by atoms with van der Waals surface area (Å²) in [6.07, 6.45) is 4.94. The minimum absolute atomic E-state index is 0.0768. The van der Waals surface area contributed by atoms with Crippen molar-refractivity contribution in [2.45, 2.75) is 38.2 Å². The molecule has 6 heteroatoms. The molecule has 2 aliphatic rings. The van der Waals surface area contributed by atoms with Crippen LogP contribution in [0.3, 0.4) is 0 Å². The molecule has 1 N–H and O–H groups in total. The van der Waals surface area contributed by atoms with Gasteiger partial charge in [-0.2, -0.15) is 0 Å². The molecule has 2 heterocycles. The highest BCUT2D eigenvalue weighted by Gasteiger charge is 2.31. The van der Waals surface area contributed by atoms with Crippen LogP contribution in [0.2, 0.25) is 0 Å². The van der Waals surface area contributed by atoms with E-state index in [2.05, 4.69) is 5.32 Å². The lowest BCUT2D eigenvalue weighted by atomic mass is 9.95. The Morgan fingerprint density at radius 2 is 2.00 bits per heavy atom. The molecule has 0 radical (unpaired) electrons. The van der Waals surface area contributed by atoms with Crippen LogP contribution in [0.25, 0.3) is 0 Å². The second-order valence-electron chi connectivity index (χ2n) is 5.65. The van der Waals surface area contributed by atoms with Crippen molar-refractivity contribution < 1.29 is 13.2 Å². The van der Waals surface area contributed by atoms with E-state index in [-0.39, 0.29) is 11.9 Å². The SMILES string of the molecule is CNCCC1CCN(S(=O)(=O)CC2CCCO2)CC1. The molecule has 2 rings (SSSR count). The van der Waals surface area contributed by atoms with E-state index in [4.69, 9.17) is 4.74 Å². The Morgan fingerprint density at radius 1 is 1.26 bits per heavy atom. The van der Waals surface area contributed by atoms with Gasteiger partial charge in [-0.05, 0) is 51.6 Å². The maximum absolute atomic E-state index is 12.3. The molecule has 1 unspecified atom stereocenters. The zero-order valence-corrected chi connectivity index (χ0v) is 12.6. The predicted molar refractivity (Wildman–Crippen MR) is 75.6 cm³/mol. The molecule has 0 saturated carbocycles. The molecule has 0 aromatic heterocycles. The van der Waals surface area contributed by atoms with Crippen LogP contribution in [0.1, 0.15) is 32.1 Å². The van der Waals surface area contributed by atoms with Gasteiger partial charge in [0.05, 0.1) is 11.9 Å². The van der Waals surface area contributed by atoms with E-state index in [9.17, 15) is 8.42 Å². The molecule has 0 aromatic carbocycles. The van der Waals surface area contributed by atoms with Gasteiger partial charge in [0.15, 0.2) is 0 Å². The predicted octanol–water partition coefficient (Wildman–Crippen LogP) is 0.817. The van der Waals surface area contributed by atoms with Crippen LogP contribution >= 0.6 is 0 Å². The van der Waals surface area contributed by atoms with Crippen molar-refractivity contribution in [1.82, 2.24) is 9.62 Å². The number of hydrogen-bond donors (Lipinski definition) is 1. The molecule has 1 atom stereocenters. The summed E-state index contributed by atoms with van der Waals surface area (Å²) >= 11 is 0. The Balaban J connectivity index is 1.79. The monoisotopic (exact) mass is 290 g/mol. The third kappa shape index (κ3) is 4.41. The molecule has 0 bridgehead atoms. The minimum atomic E-state index is -3.12. The van der Waals surface area contributed by atoms with Gasteiger partial charge in [0, 0.05) is 19.7 Å². The summed E-state index contributed by atoms with van der Waals surface area (Å²) in [7, 11) is -1.16. The molecule has 0 spiro atoms. The average Bonchev–Trinajstić information content (AvgIpc) is 2.89. The quantitative estimate of drug-likeness (QED) is 0.787. The van der Waals surface area contributed by atoms with Gasteiger partial charge in [-0.25, -0.2) is 12.7 Å². The van der Waals surface area contributed by atoms with Gasteiger partial charge in [-0.1, -0.05) is 0 Å². The maximum Gasteiger partial charge on any atom is 0.216 e. The Labute approximate surface area is 116 Å². The van der Waals surface area contributed by atoms with Gasteiger partial charge in [0.2, 0.25) is 10.0 Å². The fraction of sp³-hybridized carbons (Fsp3) is 1.00. The number of sulfonamides is 1. The average molecular weight is 290 g/mol.